The number of hydrogen-bond donors (Lipinski definition) is 0. The lowest BCUT2D eigenvalue weighted by Gasteiger charge is -2.21. The van der Waals surface area contributed by atoms with Gasteiger partial charge in [-0.25, -0.2) is 0 Å². The van der Waals surface area contributed by atoms with Crippen LogP contribution < -0.4 is 0 Å². The lowest BCUT2D eigenvalue weighted by molar-refractivity contribution is -0.179. The molecule has 1 aliphatic heterocycles. The van der Waals surface area contributed by atoms with Gasteiger partial charge in [0.25, 0.3) is 6.29 Å². The van der Waals surface area contributed by atoms with Crippen LogP contribution in [0.15, 0.2) is 0 Å². The lowest BCUT2D eigenvalue weighted by atomic mass is 9.77. The second-order valence-electron chi connectivity index (χ2n) is 3.93. The number of ether oxygens (including phenoxy) is 2. The summed E-state index contributed by atoms with van der Waals surface area (Å²) in [4.78, 5) is 33.6. The van der Waals surface area contributed by atoms with Crippen LogP contribution in [0.1, 0.15) is 27.7 Å². The van der Waals surface area contributed by atoms with E-state index < -0.39 is 29.6 Å². The maximum absolute atomic E-state index is 11.5. The van der Waals surface area contributed by atoms with Gasteiger partial charge in [0.2, 0.25) is 0 Å². The van der Waals surface area contributed by atoms with Crippen LogP contribution in [-0.4, -0.2) is 24.0 Å². The molecule has 1 aliphatic rings. The van der Waals surface area contributed by atoms with Crippen LogP contribution in [0.2, 0.25) is 0 Å². The highest BCUT2D eigenvalue weighted by atomic mass is 16.7. The highest BCUT2D eigenvalue weighted by molar-refractivity contribution is 6.03. The number of rotatable bonds is 2. The van der Waals surface area contributed by atoms with Crippen LogP contribution in [0.3, 0.4) is 0 Å². The molecule has 1 rings (SSSR count). The van der Waals surface area contributed by atoms with Gasteiger partial charge < -0.3 is 9.47 Å². The third-order valence-corrected chi connectivity index (χ3v) is 2.98. The summed E-state index contributed by atoms with van der Waals surface area (Å²) in [6.45, 7) is 5.71. The van der Waals surface area contributed by atoms with Crippen molar-refractivity contribution in [1.82, 2.24) is 0 Å². The molecule has 0 N–H and O–H groups in total. The zero-order valence-corrected chi connectivity index (χ0v) is 9.20. The van der Waals surface area contributed by atoms with Crippen LogP contribution >= 0.6 is 0 Å². The van der Waals surface area contributed by atoms with Crippen molar-refractivity contribution in [2.24, 2.45) is 11.3 Å². The molecule has 3 atom stereocenters. The van der Waals surface area contributed by atoms with E-state index in [0.717, 1.165) is 0 Å². The van der Waals surface area contributed by atoms with Gasteiger partial charge in [-0.05, 0) is 13.8 Å². The highest BCUT2D eigenvalue weighted by Crippen LogP contribution is 2.40. The van der Waals surface area contributed by atoms with E-state index in [-0.39, 0.29) is 5.78 Å². The molecule has 0 aromatic rings. The smallest absolute Gasteiger partial charge is 0.322 e. The minimum atomic E-state index is -1.21. The van der Waals surface area contributed by atoms with E-state index in [0.29, 0.717) is 0 Å². The molecule has 0 amide bonds. The van der Waals surface area contributed by atoms with Gasteiger partial charge in [0.05, 0.1) is 5.92 Å². The molecule has 0 unspecified atom stereocenters. The van der Waals surface area contributed by atoms with Gasteiger partial charge in [0.15, 0.2) is 0 Å². The van der Waals surface area contributed by atoms with Gasteiger partial charge in [0.1, 0.15) is 11.2 Å². The van der Waals surface area contributed by atoms with Crippen molar-refractivity contribution < 1.29 is 23.9 Å². The highest BCUT2D eigenvalue weighted by Gasteiger charge is 2.56. The number of Topliss-reactive ketones (excluding diaryl/α,β-unsaturated/α-hetero) is 1. The Morgan fingerprint density at radius 1 is 1.40 bits per heavy atom. The van der Waals surface area contributed by atoms with Crippen LogP contribution in [0, 0.1) is 11.3 Å². The second kappa shape index (κ2) is 3.64. The third-order valence-electron chi connectivity index (χ3n) is 2.98. The van der Waals surface area contributed by atoms with Crippen LogP contribution in [-0.2, 0) is 23.9 Å². The monoisotopic (exact) mass is 214 g/mol. The molecule has 1 fully saturated rings. The summed E-state index contributed by atoms with van der Waals surface area (Å²) in [5, 5.41) is 0. The molecular formula is C10H14O5. The molecule has 0 aliphatic carbocycles. The Labute approximate surface area is 87.7 Å². The first kappa shape index (κ1) is 11.7. The normalized spacial score (nSPS) is 34.8. The first-order valence-corrected chi connectivity index (χ1v) is 4.69. The van der Waals surface area contributed by atoms with Crippen molar-refractivity contribution >= 4 is 17.7 Å². The summed E-state index contributed by atoms with van der Waals surface area (Å²) in [7, 11) is 0. The predicted molar refractivity (Wildman–Crippen MR) is 49.6 cm³/mol. The van der Waals surface area contributed by atoms with Crippen molar-refractivity contribution in [3.05, 3.63) is 0 Å². The number of cyclic esters (lactones) is 1. The maximum atomic E-state index is 11.5. The number of carbonyl (C=O) groups is 3. The summed E-state index contributed by atoms with van der Waals surface area (Å²) in [5.74, 6) is -1.91. The Hall–Kier alpha value is -1.39. The number of esters is 2. The Morgan fingerprint density at radius 2 is 1.93 bits per heavy atom. The van der Waals surface area contributed by atoms with Gasteiger partial charge in [-0.15, -0.1) is 0 Å². The molecule has 0 bridgehead atoms. The van der Waals surface area contributed by atoms with E-state index in [1.807, 2.05) is 0 Å². The van der Waals surface area contributed by atoms with E-state index in [1.54, 1.807) is 6.92 Å². The molecule has 15 heavy (non-hydrogen) atoms. The Kier molecular flexibility index (Phi) is 2.83. The second-order valence-corrected chi connectivity index (χ2v) is 3.93. The number of hydrogen-bond acceptors (Lipinski definition) is 5. The third kappa shape index (κ3) is 1.73. The quantitative estimate of drug-likeness (QED) is 0.499. The average molecular weight is 214 g/mol. The summed E-state index contributed by atoms with van der Waals surface area (Å²) in [6.07, 6.45) is -0.955. The van der Waals surface area contributed by atoms with E-state index in [1.165, 1.54) is 20.8 Å². The van der Waals surface area contributed by atoms with Crippen molar-refractivity contribution in [1.29, 1.82) is 0 Å². The molecular weight excluding hydrogens is 200 g/mol. The largest absolute Gasteiger partial charge is 0.425 e. The zero-order valence-electron chi connectivity index (χ0n) is 9.20. The van der Waals surface area contributed by atoms with Gasteiger partial charge in [-0.1, -0.05) is 6.92 Å². The Bertz CT molecular complexity index is 322. The minimum absolute atomic E-state index is 0.283. The average Bonchev–Trinajstić information content (AvgIpc) is 2.31. The SMILES string of the molecule is CC(=O)O[C@@H]1OC(=O)[C@@](C)(C(C)=O)[C@@H]1C. The van der Waals surface area contributed by atoms with Crippen molar-refractivity contribution in [2.75, 3.05) is 0 Å². The van der Waals surface area contributed by atoms with Crippen molar-refractivity contribution in [3.8, 4) is 0 Å². The fourth-order valence-corrected chi connectivity index (χ4v) is 1.54. The molecule has 0 aromatic heterocycles. The van der Waals surface area contributed by atoms with Crippen LogP contribution in [0.4, 0.5) is 0 Å². The number of ketones is 1. The predicted octanol–water partition coefficient (Wildman–Crippen LogP) is 0.664. The summed E-state index contributed by atoms with van der Waals surface area (Å²) in [6, 6.07) is 0. The summed E-state index contributed by atoms with van der Waals surface area (Å²) >= 11 is 0. The van der Waals surface area contributed by atoms with Gasteiger partial charge >= 0.3 is 11.9 Å². The zero-order chi connectivity index (χ0) is 11.8. The number of carbonyl (C=O) groups excluding carboxylic acids is 3. The minimum Gasteiger partial charge on any atom is -0.425 e. The van der Waals surface area contributed by atoms with E-state index >= 15 is 0 Å². The molecule has 0 spiro atoms. The topological polar surface area (TPSA) is 69.7 Å². The van der Waals surface area contributed by atoms with Gasteiger partial charge in [-0.2, -0.15) is 0 Å². The standard InChI is InChI=1S/C10H14O5/c1-5-8(14-7(3)12)15-9(13)10(5,4)6(2)11/h5,8H,1-4H3/t5-,8-,10-/m1/s1. The van der Waals surface area contributed by atoms with E-state index in [2.05, 4.69) is 0 Å². The van der Waals surface area contributed by atoms with Crippen molar-refractivity contribution in [3.63, 3.8) is 0 Å². The molecule has 0 radical (unpaired) electrons. The maximum Gasteiger partial charge on any atom is 0.322 e. The molecule has 0 saturated carbocycles. The van der Waals surface area contributed by atoms with Crippen molar-refractivity contribution in [2.45, 2.75) is 34.0 Å². The molecule has 84 valence electrons. The van der Waals surface area contributed by atoms with Crippen LogP contribution in [0.5, 0.6) is 0 Å². The summed E-state index contributed by atoms with van der Waals surface area (Å²) < 4.78 is 9.66. The van der Waals surface area contributed by atoms with E-state index in [4.69, 9.17) is 9.47 Å². The molecule has 5 heteroatoms. The Balaban J connectivity index is 2.92. The molecule has 5 nitrogen and oxygen atoms in total. The fourth-order valence-electron chi connectivity index (χ4n) is 1.54. The first-order chi connectivity index (χ1) is 6.80. The van der Waals surface area contributed by atoms with Gasteiger partial charge in [-0.3, -0.25) is 14.4 Å². The molecule has 0 aromatic carbocycles. The lowest BCUT2D eigenvalue weighted by Crippen LogP contribution is -2.37. The molecule has 1 saturated heterocycles. The van der Waals surface area contributed by atoms with Gasteiger partial charge in [0, 0.05) is 6.92 Å². The first-order valence-electron chi connectivity index (χ1n) is 4.69. The van der Waals surface area contributed by atoms with Crippen LogP contribution in [0.25, 0.3) is 0 Å². The fraction of sp³-hybridized carbons (Fsp3) is 0.700. The van der Waals surface area contributed by atoms with E-state index in [9.17, 15) is 14.4 Å². The Morgan fingerprint density at radius 3 is 2.27 bits per heavy atom. The summed E-state index contributed by atoms with van der Waals surface area (Å²) in [5.41, 5.74) is -1.21. The molecule has 1 heterocycles.